The van der Waals surface area contributed by atoms with E-state index in [2.05, 4.69) is 6.58 Å². The molecule has 0 unspecified atom stereocenters. The van der Waals surface area contributed by atoms with Gasteiger partial charge in [0.2, 0.25) is 0 Å². The maximum absolute atomic E-state index is 11.5. The van der Waals surface area contributed by atoms with E-state index in [1.165, 1.54) is 0 Å². The number of carbonyl (C=O) groups is 1. The molecule has 3 aromatic rings. The minimum atomic E-state index is -0.430. The fraction of sp³-hybridized carbons (Fsp3) is 0.0556. The molecule has 0 fully saturated rings. The van der Waals surface area contributed by atoms with Gasteiger partial charge in [-0.2, -0.15) is 0 Å². The molecule has 21 heavy (non-hydrogen) atoms. The largest absolute Gasteiger partial charge is 0.508 e. The molecule has 0 atom stereocenters. The number of esters is 1. The Labute approximate surface area is 122 Å². The van der Waals surface area contributed by atoms with E-state index in [-0.39, 0.29) is 5.75 Å². The van der Waals surface area contributed by atoms with Crippen LogP contribution in [0.5, 0.6) is 11.5 Å². The Morgan fingerprint density at radius 2 is 1.62 bits per heavy atom. The van der Waals surface area contributed by atoms with Gasteiger partial charge in [-0.3, -0.25) is 0 Å². The van der Waals surface area contributed by atoms with Crippen molar-refractivity contribution < 1.29 is 14.6 Å². The van der Waals surface area contributed by atoms with Crippen LogP contribution in [0.1, 0.15) is 6.92 Å². The van der Waals surface area contributed by atoms with E-state index in [1.54, 1.807) is 25.1 Å². The Kier molecular flexibility index (Phi) is 3.10. The van der Waals surface area contributed by atoms with Crippen LogP contribution in [0, 0.1) is 0 Å². The number of phenolic OH excluding ortho intramolecular Hbond substituents is 1. The highest BCUT2D eigenvalue weighted by Gasteiger charge is 2.07. The highest BCUT2D eigenvalue weighted by molar-refractivity contribution is 6.08. The summed E-state index contributed by atoms with van der Waals surface area (Å²) in [5.41, 5.74) is 0.365. The van der Waals surface area contributed by atoms with E-state index in [9.17, 15) is 9.90 Å². The summed E-state index contributed by atoms with van der Waals surface area (Å²) in [7, 11) is 0. The van der Waals surface area contributed by atoms with Gasteiger partial charge in [0.25, 0.3) is 0 Å². The quantitative estimate of drug-likeness (QED) is 0.331. The first-order chi connectivity index (χ1) is 10.0. The van der Waals surface area contributed by atoms with Crippen molar-refractivity contribution in [2.24, 2.45) is 0 Å². The number of rotatable bonds is 2. The van der Waals surface area contributed by atoms with Gasteiger partial charge in [-0.05, 0) is 52.7 Å². The average Bonchev–Trinajstić information content (AvgIpc) is 2.46. The lowest BCUT2D eigenvalue weighted by Crippen LogP contribution is -2.07. The topological polar surface area (TPSA) is 46.5 Å². The number of aromatic hydroxyl groups is 1. The van der Waals surface area contributed by atoms with Crippen molar-refractivity contribution in [3.63, 3.8) is 0 Å². The molecular formula is C18H14O3. The molecule has 0 aromatic heterocycles. The number of ether oxygens (including phenoxy) is 1. The van der Waals surface area contributed by atoms with Crippen LogP contribution in [-0.2, 0) is 4.79 Å². The Bertz CT molecular complexity index is 878. The van der Waals surface area contributed by atoms with Gasteiger partial charge in [0.15, 0.2) is 0 Å². The van der Waals surface area contributed by atoms with Crippen LogP contribution in [0.3, 0.4) is 0 Å². The van der Waals surface area contributed by atoms with Crippen molar-refractivity contribution in [1.82, 2.24) is 0 Å². The van der Waals surface area contributed by atoms with E-state index in [4.69, 9.17) is 4.74 Å². The van der Waals surface area contributed by atoms with E-state index in [0.29, 0.717) is 11.3 Å². The van der Waals surface area contributed by atoms with Crippen LogP contribution < -0.4 is 4.74 Å². The third-order valence-corrected chi connectivity index (χ3v) is 3.35. The maximum Gasteiger partial charge on any atom is 0.338 e. The van der Waals surface area contributed by atoms with Crippen molar-refractivity contribution in [2.75, 3.05) is 0 Å². The van der Waals surface area contributed by atoms with Gasteiger partial charge in [0.05, 0.1) is 0 Å². The molecule has 3 nitrogen and oxygen atoms in total. The lowest BCUT2D eigenvalue weighted by atomic mass is 10.0. The monoisotopic (exact) mass is 278 g/mol. The fourth-order valence-electron chi connectivity index (χ4n) is 2.29. The minimum Gasteiger partial charge on any atom is -0.508 e. The van der Waals surface area contributed by atoms with Crippen LogP contribution >= 0.6 is 0 Å². The zero-order valence-corrected chi connectivity index (χ0v) is 11.6. The average molecular weight is 278 g/mol. The van der Waals surface area contributed by atoms with E-state index in [1.807, 2.05) is 30.3 Å². The smallest absolute Gasteiger partial charge is 0.338 e. The number of hydrogen-bond donors (Lipinski definition) is 1. The summed E-state index contributed by atoms with van der Waals surface area (Å²) >= 11 is 0. The number of benzene rings is 3. The molecule has 3 heteroatoms. The van der Waals surface area contributed by atoms with Gasteiger partial charge in [0, 0.05) is 5.57 Å². The normalized spacial score (nSPS) is 10.7. The third-order valence-electron chi connectivity index (χ3n) is 3.35. The Hall–Kier alpha value is -2.81. The molecule has 0 spiro atoms. The second-order valence-corrected chi connectivity index (χ2v) is 5.02. The molecule has 0 amide bonds. The summed E-state index contributed by atoms with van der Waals surface area (Å²) in [5.74, 6) is 0.308. The molecule has 0 aliphatic heterocycles. The molecule has 1 N–H and O–H groups in total. The van der Waals surface area contributed by atoms with Crippen molar-refractivity contribution in [3.05, 3.63) is 60.7 Å². The van der Waals surface area contributed by atoms with Crippen molar-refractivity contribution in [3.8, 4) is 11.5 Å². The zero-order valence-electron chi connectivity index (χ0n) is 11.6. The summed E-state index contributed by atoms with van der Waals surface area (Å²) in [4.78, 5) is 11.5. The standard InChI is InChI=1S/C18H14O3/c1-11(2)18(20)21-15-6-8-17-13(10-15)4-3-12-9-14(19)5-7-16(12)17/h3-10,19H,1H2,2H3. The van der Waals surface area contributed by atoms with Crippen molar-refractivity contribution in [2.45, 2.75) is 6.92 Å². The molecule has 0 heterocycles. The molecule has 0 aliphatic carbocycles. The molecular weight excluding hydrogens is 264 g/mol. The predicted molar refractivity (Wildman–Crippen MR) is 83.6 cm³/mol. The SMILES string of the molecule is C=C(C)C(=O)Oc1ccc2c(ccc3cc(O)ccc32)c1. The van der Waals surface area contributed by atoms with Crippen LogP contribution in [0.2, 0.25) is 0 Å². The minimum absolute atomic E-state index is 0.244. The fourth-order valence-corrected chi connectivity index (χ4v) is 2.29. The first-order valence-electron chi connectivity index (χ1n) is 6.58. The van der Waals surface area contributed by atoms with Crippen molar-refractivity contribution in [1.29, 1.82) is 0 Å². The number of phenols is 1. The Morgan fingerprint density at radius 3 is 2.29 bits per heavy atom. The molecule has 0 bridgehead atoms. The van der Waals surface area contributed by atoms with Crippen LogP contribution in [0.25, 0.3) is 21.5 Å². The first kappa shape index (κ1) is 13.2. The first-order valence-corrected chi connectivity index (χ1v) is 6.58. The molecule has 3 rings (SSSR count). The second kappa shape index (κ2) is 4.94. The predicted octanol–water partition coefficient (Wildman–Crippen LogP) is 4.18. The zero-order chi connectivity index (χ0) is 15.0. The summed E-state index contributed by atoms with van der Waals surface area (Å²) in [6.45, 7) is 5.18. The van der Waals surface area contributed by atoms with Gasteiger partial charge < -0.3 is 9.84 Å². The van der Waals surface area contributed by atoms with Crippen molar-refractivity contribution >= 4 is 27.5 Å². The Balaban J connectivity index is 2.11. The van der Waals surface area contributed by atoms with Gasteiger partial charge in [-0.25, -0.2) is 4.79 Å². The van der Waals surface area contributed by atoms with E-state index < -0.39 is 5.97 Å². The highest BCUT2D eigenvalue weighted by Crippen LogP contribution is 2.30. The maximum atomic E-state index is 11.5. The van der Waals surface area contributed by atoms with Crippen LogP contribution in [-0.4, -0.2) is 11.1 Å². The van der Waals surface area contributed by atoms with Crippen LogP contribution in [0.4, 0.5) is 0 Å². The summed E-state index contributed by atoms with van der Waals surface area (Å²) in [6.07, 6.45) is 0. The summed E-state index contributed by atoms with van der Waals surface area (Å²) in [6, 6.07) is 14.6. The molecule has 0 radical (unpaired) electrons. The van der Waals surface area contributed by atoms with E-state index >= 15 is 0 Å². The van der Waals surface area contributed by atoms with Gasteiger partial charge in [-0.15, -0.1) is 0 Å². The number of carbonyl (C=O) groups excluding carboxylic acids is 1. The lowest BCUT2D eigenvalue weighted by molar-refractivity contribution is -0.130. The van der Waals surface area contributed by atoms with Gasteiger partial charge in [0.1, 0.15) is 11.5 Å². The summed E-state index contributed by atoms with van der Waals surface area (Å²) < 4.78 is 5.24. The highest BCUT2D eigenvalue weighted by atomic mass is 16.5. The van der Waals surface area contributed by atoms with E-state index in [0.717, 1.165) is 21.5 Å². The number of fused-ring (bicyclic) bond motifs is 3. The molecule has 0 saturated carbocycles. The van der Waals surface area contributed by atoms with Crippen LogP contribution in [0.15, 0.2) is 60.7 Å². The third kappa shape index (κ3) is 2.46. The number of hydrogen-bond acceptors (Lipinski definition) is 3. The molecule has 104 valence electrons. The molecule has 0 aliphatic rings. The van der Waals surface area contributed by atoms with Gasteiger partial charge >= 0.3 is 5.97 Å². The second-order valence-electron chi connectivity index (χ2n) is 5.02. The summed E-state index contributed by atoms with van der Waals surface area (Å²) in [5, 5.41) is 13.6. The Morgan fingerprint density at radius 1 is 1.00 bits per heavy atom. The lowest BCUT2D eigenvalue weighted by Gasteiger charge is -2.08. The van der Waals surface area contributed by atoms with Gasteiger partial charge in [-0.1, -0.05) is 30.8 Å². The molecule has 0 saturated heterocycles. The molecule has 3 aromatic carbocycles.